The Labute approximate surface area is 316 Å². The van der Waals surface area contributed by atoms with E-state index in [1.54, 1.807) is 26.1 Å². The van der Waals surface area contributed by atoms with Crippen molar-refractivity contribution in [2.24, 2.45) is 18.9 Å². The van der Waals surface area contributed by atoms with Gasteiger partial charge in [-0.15, -0.1) is 0 Å². The van der Waals surface area contributed by atoms with Gasteiger partial charge in [-0.05, 0) is 54.5 Å². The number of carbonyl (C=O) groups excluding carboxylic acids is 2. The van der Waals surface area contributed by atoms with Gasteiger partial charge in [0.05, 0.1) is 11.7 Å². The number of rotatable bonds is 6. The van der Waals surface area contributed by atoms with E-state index in [1.807, 2.05) is 62.0 Å². The van der Waals surface area contributed by atoms with Crippen molar-refractivity contribution in [3.8, 4) is 45.5 Å². The number of aromatic nitrogens is 3. The molecule has 0 fully saturated rings. The van der Waals surface area contributed by atoms with Crippen molar-refractivity contribution in [1.82, 2.24) is 19.9 Å². The average molecular weight is 740 g/mol. The first kappa shape index (κ1) is 33.7. The van der Waals surface area contributed by atoms with Gasteiger partial charge in [-0.3, -0.25) is 9.59 Å². The number of nitrogens with zero attached hydrogens (tertiary/aromatic N) is 3. The molecule has 1 spiro atoms. The van der Waals surface area contributed by atoms with Gasteiger partial charge in [-0.2, -0.15) is 0 Å². The van der Waals surface area contributed by atoms with E-state index in [1.165, 1.54) is 0 Å². The number of aromatic hydroxyl groups is 1. The van der Waals surface area contributed by atoms with Gasteiger partial charge >= 0.3 is 0 Å². The van der Waals surface area contributed by atoms with E-state index in [0.29, 0.717) is 28.5 Å². The maximum atomic E-state index is 14.4. The molecule has 1 amide bonds. The van der Waals surface area contributed by atoms with Crippen LogP contribution in [0.4, 0.5) is 5.69 Å². The molecule has 7 heterocycles. The van der Waals surface area contributed by atoms with Crippen LogP contribution in [0.1, 0.15) is 81.3 Å². The molecule has 1 unspecified atom stereocenters. The maximum Gasteiger partial charge on any atom is 0.249 e. The molecule has 280 valence electrons. The highest BCUT2D eigenvalue weighted by Gasteiger charge is 2.61. The number of ketones is 1. The van der Waals surface area contributed by atoms with Crippen LogP contribution in [0.3, 0.4) is 0 Å². The van der Waals surface area contributed by atoms with E-state index < -0.39 is 29.2 Å². The van der Waals surface area contributed by atoms with Gasteiger partial charge < -0.3 is 39.0 Å². The number of fused-ring (bicyclic) bond motifs is 7. The zero-order valence-corrected chi connectivity index (χ0v) is 31.2. The molecule has 10 rings (SSSR count). The lowest BCUT2D eigenvalue weighted by molar-refractivity contribution is -0.141. The summed E-state index contributed by atoms with van der Waals surface area (Å²) in [5.41, 5.74) is 4.34. The molecule has 0 radical (unpaired) electrons. The number of aliphatic hydroxyl groups is 1. The Kier molecular flexibility index (Phi) is 7.08. The van der Waals surface area contributed by atoms with Crippen LogP contribution in [0.15, 0.2) is 69.8 Å². The van der Waals surface area contributed by atoms with Crippen molar-refractivity contribution >= 4 is 28.3 Å². The summed E-state index contributed by atoms with van der Waals surface area (Å²) in [6.45, 7) is 7.52. The Bertz CT molecular complexity index is 2610. The quantitative estimate of drug-likeness (QED) is 0.138. The summed E-state index contributed by atoms with van der Waals surface area (Å²) in [5.74, 6) is 0.594. The van der Waals surface area contributed by atoms with Gasteiger partial charge in [0.25, 0.3) is 0 Å². The van der Waals surface area contributed by atoms with Crippen LogP contribution in [0.5, 0.6) is 11.5 Å². The maximum absolute atomic E-state index is 14.4. The molecule has 0 saturated heterocycles. The molecule has 0 aliphatic carbocycles. The standard InChI is InChI=1S/C43H41N5O7/c1-6-42(52,7-2)31(50)17-22-15-21-11-14-29-27(16-21)43-26-10-8-9-24(34(26)47-41(43)54-29)23-12-13-28(49)36-32(23)25(19-48(36)5)30-18-44-39(53-30)35-37(43)55-40(46-35)33(20(3)4)45-38(22)51/h8-14,16,18-20,22,33,41,47,49,52H,6-7,15,17H2,1-5H3,(H,45,51)/t22-,33+,41+,43?/m1/s1. The zero-order chi connectivity index (χ0) is 38.1. The third-order valence-corrected chi connectivity index (χ3v) is 12.4. The summed E-state index contributed by atoms with van der Waals surface area (Å²) < 4.78 is 22.4. The van der Waals surface area contributed by atoms with Crippen LogP contribution >= 0.6 is 0 Å². The Balaban J connectivity index is 1.28. The second-order valence-corrected chi connectivity index (χ2v) is 15.8. The Morgan fingerprint density at radius 1 is 1.05 bits per heavy atom. The van der Waals surface area contributed by atoms with Crippen molar-refractivity contribution < 1.29 is 33.4 Å². The van der Waals surface area contributed by atoms with E-state index >= 15 is 0 Å². The van der Waals surface area contributed by atoms with Gasteiger partial charge in [0.1, 0.15) is 28.6 Å². The first-order valence-corrected chi connectivity index (χ1v) is 19.0. The van der Waals surface area contributed by atoms with Crippen molar-refractivity contribution in [2.45, 2.75) is 76.7 Å². The second-order valence-electron chi connectivity index (χ2n) is 15.8. The third kappa shape index (κ3) is 4.48. The molecule has 12 nitrogen and oxygen atoms in total. The summed E-state index contributed by atoms with van der Waals surface area (Å²) in [7, 11) is 1.89. The minimum atomic E-state index is -1.52. The van der Waals surface area contributed by atoms with Gasteiger partial charge in [0.15, 0.2) is 29.2 Å². The van der Waals surface area contributed by atoms with Crippen molar-refractivity contribution in [3.63, 3.8) is 0 Å². The number of amides is 1. The first-order chi connectivity index (χ1) is 26.5. The number of benzene rings is 3. The molecule has 12 heteroatoms. The molecule has 0 saturated carbocycles. The number of phenols is 1. The number of carbonyl (C=O) groups is 2. The monoisotopic (exact) mass is 739 g/mol. The smallest absolute Gasteiger partial charge is 0.249 e. The van der Waals surface area contributed by atoms with E-state index in [0.717, 1.165) is 44.5 Å². The molecule has 4 aliphatic rings. The Hall–Kier alpha value is -5.88. The summed E-state index contributed by atoms with van der Waals surface area (Å²) in [6.07, 6.45) is 3.55. The van der Waals surface area contributed by atoms with Gasteiger partial charge in [-0.25, -0.2) is 9.97 Å². The number of hydrogen-bond acceptors (Lipinski definition) is 10. The predicted molar refractivity (Wildman–Crippen MR) is 203 cm³/mol. The number of para-hydroxylation sites is 1. The Morgan fingerprint density at radius 2 is 1.87 bits per heavy atom. The molecule has 4 N–H and O–H groups in total. The van der Waals surface area contributed by atoms with E-state index in [2.05, 4.69) is 22.8 Å². The van der Waals surface area contributed by atoms with Crippen molar-refractivity contribution in [2.75, 3.05) is 5.32 Å². The minimum absolute atomic E-state index is 0.132. The Morgan fingerprint density at radius 3 is 2.65 bits per heavy atom. The fourth-order valence-corrected chi connectivity index (χ4v) is 9.37. The van der Waals surface area contributed by atoms with Crippen LogP contribution in [-0.2, 0) is 28.5 Å². The molecule has 6 aromatic rings. The van der Waals surface area contributed by atoms with Crippen LogP contribution in [0.2, 0.25) is 0 Å². The van der Waals surface area contributed by atoms with Crippen LogP contribution < -0.4 is 15.4 Å². The lowest BCUT2D eigenvalue weighted by atomic mass is 9.72. The largest absolute Gasteiger partial charge is 0.506 e. The second kappa shape index (κ2) is 11.6. The van der Waals surface area contributed by atoms with Crippen LogP contribution in [0, 0.1) is 11.8 Å². The predicted octanol–water partition coefficient (Wildman–Crippen LogP) is 7.15. The molecule has 3 aromatic carbocycles. The lowest BCUT2D eigenvalue weighted by Gasteiger charge is -2.29. The number of phenolic OH excluding ortho intramolecular Hbond substituents is 1. The lowest BCUT2D eigenvalue weighted by Crippen LogP contribution is -2.43. The number of hydrogen-bond donors (Lipinski definition) is 4. The van der Waals surface area contributed by atoms with E-state index in [-0.39, 0.29) is 60.8 Å². The van der Waals surface area contributed by atoms with Crippen LogP contribution in [0.25, 0.3) is 44.9 Å². The fraction of sp³-hybridized carbons (Fsp3) is 0.349. The molecular formula is C43H41N5O7. The summed E-state index contributed by atoms with van der Waals surface area (Å²) in [4.78, 5) is 38.0. The van der Waals surface area contributed by atoms with Gasteiger partial charge in [-0.1, -0.05) is 58.0 Å². The molecule has 10 bridgehead atoms. The normalized spacial score (nSPS) is 21.7. The third-order valence-electron chi connectivity index (χ3n) is 12.4. The van der Waals surface area contributed by atoms with E-state index in [9.17, 15) is 19.8 Å². The molecular weight excluding hydrogens is 699 g/mol. The molecule has 3 aromatic heterocycles. The molecule has 55 heavy (non-hydrogen) atoms. The number of nitrogens with one attached hydrogen (secondary N) is 2. The highest BCUT2D eigenvalue weighted by atomic mass is 16.5. The van der Waals surface area contributed by atoms with E-state index in [4.69, 9.17) is 23.5 Å². The highest BCUT2D eigenvalue weighted by molar-refractivity contribution is 6.10. The zero-order valence-electron chi connectivity index (χ0n) is 31.2. The minimum Gasteiger partial charge on any atom is -0.506 e. The topological polar surface area (TPSA) is 165 Å². The summed E-state index contributed by atoms with van der Waals surface area (Å²) >= 11 is 0. The van der Waals surface area contributed by atoms with Crippen molar-refractivity contribution in [1.29, 1.82) is 0 Å². The van der Waals surface area contributed by atoms with Gasteiger partial charge in [0.2, 0.25) is 17.7 Å². The fourth-order valence-electron chi connectivity index (χ4n) is 9.37. The average Bonchev–Trinajstić information content (AvgIpc) is 3.99. The summed E-state index contributed by atoms with van der Waals surface area (Å²) in [5, 5.41) is 30.1. The van der Waals surface area contributed by atoms with Gasteiger partial charge in [0, 0.05) is 58.9 Å². The SMILES string of the molecule is CCC(O)(CC)C(=O)C[C@H]1Cc2ccc3c(c2)C24c5cccc(c5N[C@H]2O3)-c2ccc(O)c3c2c(cn3C)-c2cnc(o2)-c2nc(oc24)[C@H](C(C)C)NC1=O. The highest BCUT2D eigenvalue weighted by Crippen LogP contribution is 2.61. The van der Waals surface area contributed by atoms with Crippen molar-refractivity contribution in [3.05, 3.63) is 89.3 Å². The number of aryl methyl sites for hydroxylation is 1. The van der Waals surface area contributed by atoms with Crippen LogP contribution in [-0.4, -0.2) is 48.3 Å². The first-order valence-electron chi connectivity index (χ1n) is 19.0. The number of ether oxygens (including phenoxy) is 1. The number of anilines is 1. The molecule has 4 atom stereocenters. The summed E-state index contributed by atoms with van der Waals surface area (Å²) in [6, 6.07) is 15.0. The molecule has 4 aliphatic heterocycles. The number of oxazole rings is 2. The number of Topliss-reactive ketones (excluding diaryl/α,β-unsaturated/α-hetero) is 1.